The lowest BCUT2D eigenvalue weighted by Gasteiger charge is -2.12. The van der Waals surface area contributed by atoms with E-state index < -0.39 is 0 Å². The molecule has 0 atom stereocenters. The fourth-order valence-corrected chi connectivity index (χ4v) is 2.05. The van der Waals surface area contributed by atoms with E-state index in [2.05, 4.69) is 20.9 Å². The second kappa shape index (κ2) is 16.6. The van der Waals surface area contributed by atoms with Crippen LogP contribution in [0.2, 0.25) is 0 Å². The molecule has 0 saturated heterocycles. The number of amides is 1. The SMILES string of the molecule is CN=C(NCCCOCCOC)NCCNC(=O)c1ccc(OC)cc1.I. The van der Waals surface area contributed by atoms with Crippen LogP contribution in [0.15, 0.2) is 29.3 Å². The molecule has 0 aromatic heterocycles. The molecule has 0 unspecified atom stereocenters. The zero-order valence-electron chi connectivity index (χ0n) is 16.2. The molecule has 1 amide bonds. The number of halogens is 1. The first-order chi connectivity index (χ1) is 12.7. The number of nitrogens with zero attached hydrogens (tertiary/aromatic N) is 1. The number of hydrogen-bond acceptors (Lipinski definition) is 5. The lowest BCUT2D eigenvalue weighted by Crippen LogP contribution is -2.42. The van der Waals surface area contributed by atoms with Crippen LogP contribution in [0.25, 0.3) is 0 Å². The fraction of sp³-hybridized carbons (Fsp3) is 0.556. The molecule has 0 fully saturated rings. The van der Waals surface area contributed by atoms with Gasteiger partial charge in [0.1, 0.15) is 5.75 Å². The third-order valence-electron chi connectivity index (χ3n) is 3.47. The van der Waals surface area contributed by atoms with Gasteiger partial charge in [0.15, 0.2) is 5.96 Å². The van der Waals surface area contributed by atoms with Gasteiger partial charge in [0, 0.05) is 46.0 Å². The monoisotopic (exact) mass is 494 g/mol. The average Bonchev–Trinajstić information content (AvgIpc) is 2.68. The van der Waals surface area contributed by atoms with Crippen molar-refractivity contribution in [3.8, 4) is 5.75 Å². The summed E-state index contributed by atoms with van der Waals surface area (Å²) in [6, 6.07) is 6.99. The molecular weight excluding hydrogens is 463 g/mol. The quantitative estimate of drug-likeness (QED) is 0.175. The van der Waals surface area contributed by atoms with Gasteiger partial charge in [0.25, 0.3) is 5.91 Å². The summed E-state index contributed by atoms with van der Waals surface area (Å²) in [6.45, 7) is 3.71. The molecule has 0 heterocycles. The van der Waals surface area contributed by atoms with Crippen LogP contribution >= 0.6 is 24.0 Å². The highest BCUT2D eigenvalue weighted by molar-refractivity contribution is 14.0. The number of rotatable bonds is 12. The minimum Gasteiger partial charge on any atom is -0.497 e. The second-order valence-corrected chi connectivity index (χ2v) is 5.37. The first-order valence-electron chi connectivity index (χ1n) is 8.64. The van der Waals surface area contributed by atoms with Gasteiger partial charge in [-0.15, -0.1) is 24.0 Å². The predicted molar refractivity (Wildman–Crippen MR) is 117 cm³/mol. The lowest BCUT2D eigenvalue weighted by atomic mass is 10.2. The number of ether oxygens (including phenoxy) is 3. The highest BCUT2D eigenvalue weighted by Gasteiger charge is 2.05. The van der Waals surface area contributed by atoms with E-state index in [4.69, 9.17) is 14.2 Å². The van der Waals surface area contributed by atoms with Crippen LogP contribution in [0.4, 0.5) is 0 Å². The third kappa shape index (κ3) is 11.7. The molecule has 1 rings (SSSR count). The molecule has 27 heavy (non-hydrogen) atoms. The Balaban J connectivity index is 0.00000676. The first kappa shape index (κ1) is 25.4. The van der Waals surface area contributed by atoms with Crippen LogP contribution in [-0.2, 0) is 9.47 Å². The number of carbonyl (C=O) groups is 1. The van der Waals surface area contributed by atoms with E-state index in [0.29, 0.717) is 44.4 Å². The maximum atomic E-state index is 12.0. The Labute approximate surface area is 178 Å². The van der Waals surface area contributed by atoms with Gasteiger partial charge in [-0.05, 0) is 30.7 Å². The molecule has 0 spiro atoms. The maximum Gasteiger partial charge on any atom is 0.251 e. The van der Waals surface area contributed by atoms with Gasteiger partial charge in [-0.3, -0.25) is 9.79 Å². The Hall–Kier alpha value is -1.59. The molecule has 8 nitrogen and oxygen atoms in total. The highest BCUT2D eigenvalue weighted by atomic mass is 127. The molecule has 0 saturated carbocycles. The van der Waals surface area contributed by atoms with Gasteiger partial charge >= 0.3 is 0 Å². The van der Waals surface area contributed by atoms with Crippen LogP contribution in [0.3, 0.4) is 0 Å². The molecule has 0 bridgehead atoms. The number of hydrogen-bond donors (Lipinski definition) is 3. The summed E-state index contributed by atoms with van der Waals surface area (Å²) in [6.07, 6.45) is 0.874. The molecule has 0 radical (unpaired) electrons. The van der Waals surface area contributed by atoms with E-state index in [0.717, 1.165) is 18.7 Å². The van der Waals surface area contributed by atoms with Crippen LogP contribution in [-0.4, -0.2) is 72.6 Å². The number of guanidine groups is 1. The second-order valence-electron chi connectivity index (χ2n) is 5.37. The Morgan fingerprint density at radius 3 is 2.26 bits per heavy atom. The summed E-state index contributed by atoms with van der Waals surface area (Å²) in [5.41, 5.74) is 0.599. The molecule has 1 aromatic rings. The van der Waals surface area contributed by atoms with Crippen molar-refractivity contribution in [1.82, 2.24) is 16.0 Å². The van der Waals surface area contributed by atoms with Crippen LogP contribution < -0.4 is 20.7 Å². The topological polar surface area (TPSA) is 93.2 Å². The molecule has 154 valence electrons. The largest absolute Gasteiger partial charge is 0.497 e. The summed E-state index contributed by atoms with van der Waals surface area (Å²) in [5.74, 6) is 1.30. The normalized spacial score (nSPS) is 10.7. The van der Waals surface area contributed by atoms with E-state index in [1.165, 1.54) is 0 Å². The van der Waals surface area contributed by atoms with Crippen LogP contribution in [0.5, 0.6) is 5.75 Å². The summed E-state index contributed by atoms with van der Waals surface area (Å²) in [5, 5.41) is 9.20. The first-order valence-corrected chi connectivity index (χ1v) is 8.64. The van der Waals surface area contributed by atoms with Gasteiger partial charge in [0.05, 0.1) is 20.3 Å². The molecular formula is C18H31IN4O4. The van der Waals surface area contributed by atoms with Crippen molar-refractivity contribution in [1.29, 1.82) is 0 Å². The molecule has 3 N–H and O–H groups in total. The molecule has 1 aromatic carbocycles. The summed E-state index contributed by atoms with van der Waals surface area (Å²) < 4.78 is 15.4. The van der Waals surface area contributed by atoms with E-state index in [9.17, 15) is 4.79 Å². The van der Waals surface area contributed by atoms with Gasteiger partial charge < -0.3 is 30.2 Å². The van der Waals surface area contributed by atoms with Gasteiger partial charge in [-0.1, -0.05) is 0 Å². The van der Waals surface area contributed by atoms with E-state index in [-0.39, 0.29) is 29.9 Å². The van der Waals surface area contributed by atoms with Crippen molar-refractivity contribution in [2.24, 2.45) is 4.99 Å². The fourth-order valence-electron chi connectivity index (χ4n) is 2.05. The number of methoxy groups -OCH3 is 2. The summed E-state index contributed by atoms with van der Waals surface area (Å²) in [4.78, 5) is 16.2. The maximum absolute atomic E-state index is 12.0. The Morgan fingerprint density at radius 1 is 0.963 bits per heavy atom. The van der Waals surface area contributed by atoms with E-state index in [1.54, 1.807) is 45.5 Å². The van der Waals surface area contributed by atoms with Crippen molar-refractivity contribution in [3.63, 3.8) is 0 Å². The number of nitrogens with one attached hydrogen (secondary N) is 3. The minimum absolute atomic E-state index is 0. The predicted octanol–water partition coefficient (Wildman–Crippen LogP) is 1.26. The molecule has 0 aliphatic carbocycles. The third-order valence-corrected chi connectivity index (χ3v) is 3.47. The van der Waals surface area contributed by atoms with Crippen molar-refractivity contribution < 1.29 is 19.0 Å². The lowest BCUT2D eigenvalue weighted by molar-refractivity contribution is 0.0698. The Kier molecular flexibility index (Phi) is 15.6. The Bertz CT molecular complexity index is 541. The zero-order valence-corrected chi connectivity index (χ0v) is 18.6. The Morgan fingerprint density at radius 2 is 1.63 bits per heavy atom. The number of carbonyl (C=O) groups excluding carboxylic acids is 1. The van der Waals surface area contributed by atoms with Crippen LogP contribution in [0.1, 0.15) is 16.8 Å². The van der Waals surface area contributed by atoms with Gasteiger partial charge in [-0.2, -0.15) is 0 Å². The van der Waals surface area contributed by atoms with Crippen molar-refractivity contribution in [3.05, 3.63) is 29.8 Å². The molecule has 0 aliphatic heterocycles. The average molecular weight is 494 g/mol. The van der Waals surface area contributed by atoms with Gasteiger partial charge in [-0.25, -0.2) is 0 Å². The number of benzene rings is 1. The van der Waals surface area contributed by atoms with Crippen molar-refractivity contribution >= 4 is 35.8 Å². The summed E-state index contributed by atoms with van der Waals surface area (Å²) >= 11 is 0. The summed E-state index contributed by atoms with van der Waals surface area (Å²) in [7, 11) is 4.95. The highest BCUT2D eigenvalue weighted by Crippen LogP contribution is 2.10. The van der Waals surface area contributed by atoms with E-state index >= 15 is 0 Å². The smallest absolute Gasteiger partial charge is 0.251 e. The van der Waals surface area contributed by atoms with Crippen molar-refractivity contribution in [2.45, 2.75) is 6.42 Å². The minimum atomic E-state index is -0.120. The zero-order chi connectivity index (χ0) is 19.0. The number of aliphatic imine (C=N–C) groups is 1. The van der Waals surface area contributed by atoms with Gasteiger partial charge in [0.2, 0.25) is 0 Å². The van der Waals surface area contributed by atoms with Crippen LogP contribution in [0, 0.1) is 0 Å². The van der Waals surface area contributed by atoms with E-state index in [1.807, 2.05) is 0 Å². The molecule has 0 aliphatic rings. The standard InChI is InChI=1S/C18H30N4O4.HI/c1-19-18(21-9-4-12-26-14-13-24-2)22-11-10-20-17(23)15-5-7-16(25-3)8-6-15;/h5-8H,4,9-14H2,1-3H3,(H,20,23)(H2,19,21,22);1H. The van der Waals surface area contributed by atoms with Crippen molar-refractivity contribution in [2.75, 3.05) is 60.7 Å². The molecule has 9 heteroatoms.